The second kappa shape index (κ2) is 9.04. The number of aromatic nitrogens is 2. The van der Waals surface area contributed by atoms with Crippen molar-refractivity contribution in [1.82, 2.24) is 15.5 Å². The van der Waals surface area contributed by atoms with Crippen LogP contribution < -0.4 is 5.32 Å². The number of nitrogens with one attached hydrogen (secondary N) is 1. The summed E-state index contributed by atoms with van der Waals surface area (Å²) in [5.41, 5.74) is 0.911. The van der Waals surface area contributed by atoms with E-state index in [-0.39, 0.29) is 18.3 Å². The molecule has 0 saturated heterocycles. The maximum Gasteiger partial charge on any atom is 0.305 e. The number of carbonyl (C=O) groups excluding carboxylic acids is 2. The lowest BCUT2D eigenvalue weighted by atomic mass is 10.2. The second-order valence-electron chi connectivity index (χ2n) is 4.78. The minimum atomic E-state index is -0.242. The van der Waals surface area contributed by atoms with Gasteiger partial charge in [-0.15, -0.1) is 0 Å². The fourth-order valence-corrected chi connectivity index (χ4v) is 2.50. The van der Waals surface area contributed by atoms with Gasteiger partial charge in [0.25, 0.3) is 0 Å². The third-order valence-corrected chi connectivity index (χ3v) is 3.68. The predicted octanol–water partition coefficient (Wildman–Crippen LogP) is 2.19. The normalized spacial score (nSPS) is 10.5. The number of hydrogen-bond donors (Lipinski definition) is 1. The van der Waals surface area contributed by atoms with Crippen molar-refractivity contribution in [3.05, 3.63) is 22.7 Å². The molecule has 2 aromatic rings. The highest BCUT2D eigenvalue weighted by Crippen LogP contribution is 2.18. The van der Waals surface area contributed by atoms with E-state index in [2.05, 4.69) is 15.5 Å². The number of esters is 1. The van der Waals surface area contributed by atoms with Crippen LogP contribution in [-0.2, 0) is 20.7 Å². The van der Waals surface area contributed by atoms with Gasteiger partial charge in [0.2, 0.25) is 17.6 Å². The van der Waals surface area contributed by atoms with Crippen LogP contribution in [0.5, 0.6) is 0 Å². The van der Waals surface area contributed by atoms with Crippen molar-refractivity contribution in [2.75, 3.05) is 13.2 Å². The molecule has 0 unspecified atom stereocenters. The van der Waals surface area contributed by atoms with Gasteiger partial charge >= 0.3 is 5.97 Å². The number of carbonyl (C=O) groups is 2. The van der Waals surface area contributed by atoms with Crippen LogP contribution in [0.1, 0.15) is 32.1 Å². The molecular weight excluding hydrogens is 318 g/mol. The zero-order chi connectivity index (χ0) is 16.5. The first-order valence-corrected chi connectivity index (χ1v) is 8.40. The molecule has 0 atom stereocenters. The van der Waals surface area contributed by atoms with E-state index in [1.807, 2.05) is 16.8 Å². The average molecular weight is 337 g/mol. The van der Waals surface area contributed by atoms with Gasteiger partial charge in [-0.2, -0.15) is 16.3 Å². The van der Waals surface area contributed by atoms with Crippen LogP contribution in [0.2, 0.25) is 0 Å². The van der Waals surface area contributed by atoms with E-state index in [9.17, 15) is 9.59 Å². The molecule has 1 amide bonds. The van der Waals surface area contributed by atoms with Gasteiger partial charge in [-0.3, -0.25) is 9.59 Å². The summed E-state index contributed by atoms with van der Waals surface area (Å²) >= 11 is 1.56. The Morgan fingerprint density at radius 1 is 1.39 bits per heavy atom. The molecule has 0 radical (unpaired) electrons. The average Bonchev–Trinajstić information content (AvgIpc) is 3.20. The second-order valence-corrected chi connectivity index (χ2v) is 5.56. The van der Waals surface area contributed by atoms with Gasteiger partial charge < -0.3 is 14.6 Å². The van der Waals surface area contributed by atoms with Crippen molar-refractivity contribution >= 4 is 23.2 Å². The molecule has 0 saturated carbocycles. The number of ether oxygens (including phenoxy) is 1. The van der Waals surface area contributed by atoms with E-state index in [1.165, 1.54) is 0 Å². The summed E-state index contributed by atoms with van der Waals surface area (Å²) in [4.78, 5) is 27.1. The number of amides is 1. The summed E-state index contributed by atoms with van der Waals surface area (Å²) in [5, 5.41) is 10.5. The first-order valence-electron chi connectivity index (χ1n) is 7.46. The summed E-state index contributed by atoms with van der Waals surface area (Å²) in [6.45, 7) is 2.59. The summed E-state index contributed by atoms with van der Waals surface area (Å²) in [6.07, 6.45) is 1.53. The Morgan fingerprint density at radius 3 is 3.00 bits per heavy atom. The third kappa shape index (κ3) is 5.82. The van der Waals surface area contributed by atoms with Crippen LogP contribution in [-0.4, -0.2) is 35.2 Å². The van der Waals surface area contributed by atoms with Crippen LogP contribution in [0.15, 0.2) is 21.3 Å². The largest absolute Gasteiger partial charge is 0.466 e. The van der Waals surface area contributed by atoms with Gasteiger partial charge in [0.1, 0.15) is 0 Å². The molecule has 2 heterocycles. The Labute approximate surface area is 138 Å². The molecule has 0 aliphatic heterocycles. The molecule has 0 bridgehead atoms. The Hall–Kier alpha value is -2.22. The standard InChI is InChI=1S/C15H19N3O4S/c1-2-21-14(20)4-3-8-16-12(19)5-6-13-17-15(18-22-13)11-7-9-23-10-11/h7,9-10H,2-6,8H2,1H3,(H,16,19). The quantitative estimate of drug-likeness (QED) is 0.557. The Kier molecular flexibility index (Phi) is 6.74. The van der Waals surface area contributed by atoms with Crippen LogP contribution in [0.25, 0.3) is 11.4 Å². The number of nitrogens with zero attached hydrogens (tertiary/aromatic N) is 2. The van der Waals surface area contributed by atoms with Crippen LogP contribution in [0, 0.1) is 0 Å². The predicted molar refractivity (Wildman–Crippen MR) is 84.8 cm³/mol. The van der Waals surface area contributed by atoms with E-state index in [0.717, 1.165) is 5.56 Å². The monoisotopic (exact) mass is 337 g/mol. The molecule has 1 N–H and O–H groups in total. The number of aryl methyl sites for hydroxylation is 1. The van der Waals surface area contributed by atoms with Gasteiger partial charge in [0.15, 0.2) is 0 Å². The SMILES string of the molecule is CCOC(=O)CCCNC(=O)CCc1nc(-c2ccsc2)no1. The number of rotatable bonds is 9. The highest BCUT2D eigenvalue weighted by Gasteiger charge is 2.11. The van der Waals surface area contributed by atoms with Gasteiger partial charge in [-0.05, 0) is 24.8 Å². The maximum atomic E-state index is 11.7. The molecule has 124 valence electrons. The smallest absolute Gasteiger partial charge is 0.305 e. The highest BCUT2D eigenvalue weighted by molar-refractivity contribution is 7.08. The van der Waals surface area contributed by atoms with Crippen LogP contribution >= 0.6 is 11.3 Å². The number of thiophene rings is 1. The molecule has 7 nitrogen and oxygen atoms in total. The lowest BCUT2D eigenvalue weighted by Gasteiger charge is -2.04. The highest BCUT2D eigenvalue weighted by atomic mass is 32.1. The molecule has 0 aliphatic rings. The third-order valence-electron chi connectivity index (χ3n) is 3.00. The fourth-order valence-electron chi connectivity index (χ4n) is 1.87. The molecule has 0 spiro atoms. The van der Waals surface area contributed by atoms with Gasteiger partial charge in [-0.1, -0.05) is 5.16 Å². The van der Waals surface area contributed by atoms with E-state index in [4.69, 9.17) is 9.26 Å². The van der Waals surface area contributed by atoms with Gasteiger partial charge in [0.05, 0.1) is 6.61 Å². The van der Waals surface area contributed by atoms with Gasteiger partial charge in [0, 0.05) is 36.8 Å². The van der Waals surface area contributed by atoms with Crippen molar-refractivity contribution in [2.45, 2.75) is 32.6 Å². The molecular formula is C15H19N3O4S. The molecule has 2 rings (SSSR count). The number of hydrogen-bond acceptors (Lipinski definition) is 7. The van der Waals surface area contributed by atoms with E-state index in [0.29, 0.717) is 44.1 Å². The van der Waals surface area contributed by atoms with Crippen LogP contribution in [0.3, 0.4) is 0 Å². The van der Waals surface area contributed by atoms with Crippen molar-refractivity contribution in [3.8, 4) is 11.4 Å². The lowest BCUT2D eigenvalue weighted by Crippen LogP contribution is -2.25. The van der Waals surface area contributed by atoms with E-state index < -0.39 is 0 Å². The summed E-state index contributed by atoms with van der Waals surface area (Å²) in [7, 11) is 0. The first kappa shape index (κ1) is 17.1. The molecule has 8 heteroatoms. The van der Waals surface area contributed by atoms with Crippen molar-refractivity contribution in [2.24, 2.45) is 0 Å². The Morgan fingerprint density at radius 2 is 2.26 bits per heavy atom. The summed E-state index contributed by atoms with van der Waals surface area (Å²) in [5.74, 6) is 0.627. The topological polar surface area (TPSA) is 94.3 Å². The zero-order valence-corrected chi connectivity index (χ0v) is 13.7. The molecule has 23 heavy (non-hydrogen) atoms. The van der Waals surface area contributed by atoms with E-state index in [1.54, 1.807) is 18.3 Å². The molecule has 2 aromatic heterocycles. The van der Waals surface area contributed by atoms with Crippen molar-refractivity contribution in [3.63, 3.8) is 0 Å². The maximum absolute atomic E-state index is 11.7. The Balaban J connectivity index is 1.64. The first-order chi connectivity index (χ1) is 11.2. The molecule has 0 aromatic carbocycles. The summed E-state index contributed by atoms with van der Waals surface area (Å²) < 4.78 is 9.93. The zero-order valence-electron chi connectivity index (χ0n) is 12.9. The Bertz CT molecular complexity index is 624. The molecule has 0 aliphatic carbocycles. The van der Waals surface area contributed by atoms with Crippen molar-refractivity contribution < 1.29 is 18.8 Å². The minimum Gasteiger partial charge on any atom is -0.466 e. The fraction of sp³-hybridized carbons (Fsp3) is 0.467. The summed E-state index contributed by atoms with van der Waals surface area (Å²) in [6, 6.07) is 1.91. The molecule has 0 fully saturated rings. The van der Waals surface area contributed by atoms with Gasteiger partial charge in [-0.25, -0.2) is 0 Å². The lowest BCUT2D eigenvalue weighted by molar-refractivity contribution is -0.143. The minimum absolute atomic E-state index is 0.107. The van der Waals surface area contributed by atoms with Crippen molar-refractivity contribution in [1.29, 1.82) is 0 Å². The van der Waals surface area contributed by atoms with E-state index >= 15 is 0 Å². The van der Waals surface area contributed by atoms with Crippen LogP contribution in [0.4, 0.5) is 0 Å².